The number of carbonyl (C=O) groups is 1. The average molecular weight is 260 g/mol. The van der Waals surface area contributed by atoms with Gasteiger partial charge in [0, 0.05) is 12.0 Å². The summed E-state index contributed by atoms with van der Waals surface area (Å²) in [6, 6.07) is 5.35. The van der Waals surface area contributed by atoms with Gasteiger partial charge in [0.15, 0.2) is 0 Å². The highest BCUT2D eigenvalue weighted by Crippen LogP contribution is 2.29. The highest BCUT2D eigenvalue weighted by molar-refractivity contribution is 6.01. The molecular formula is C15H20N2O2. The SMILES string of the molecule is CCc1nc2c(C(=O)O)cccc2n1C(C)(C)CC. The molecule has 0 radical (unpaired) electrons. The van der Waals surface area contributed by atoms with Gasteiger partial charge < -0.3 is 9.67 Å². The van der Waals surface area contributed by atoms with Gasteiger partial charge in [-0.2, -0.15) is 0 Å². The first-order valence-corrected chi connectivity index (χ1v) is 6.66. The van der Waals surface area contributed by atoms with Crippen molar-refractivity contribution in [1.29, 1.82) is 0 Å². The molecule has 0 aliphatic heterocycles. The standard InChI is InChI=1S/C15H20N2O2/c1-5-12-16-13-10(14(18)19)8-7-9-11(13)17(12)15(3,4)6-2/h7-9H,5-6H2,1-4H3,(H,18,19). The Hall–Kier alpha value is -1.84. The predicted molar refractivity (Wildman–Crippen MR) is 75.7 cm³/mol. The Kier molecular flexibility index (Phi) is 3.35. The second kappa shape index (κ2) is 4.68. The van der Waals surface area contributed by atoms with E-state index in [9.17, 15) is 9.90 Å². The van der Waals surface area contributed by atoms with E-state index in [2.05, 4.69) is 30.3 Å². The molecule has 0 amide bonds. The number of nitrogens with zero attached hydrogens (tertiary/aromatic N) is 2. The van der Waals surface area contributed by atoms with Gasteiger partial charge >= 0.3 is 5.97 Å². The fraction of sp³-hybridized carbons (Fsp3) is 0.467. The van der Waals surface area contributed by atoms with Crippen LogP contribution in [0.15, 0.2) is 18.2 Å². The minimum atomic E-state index is -0.924. The predicted octanol–water partition coefficient (Wildman–Crippen LogP) is 3.44. The molecule has 4 nitrogen and oxygen atoms in total. The third kappa shape index (κ3) is 2.11. The zero-order chi connectivity index (χ0) is 14.2. The molecule has 0 bridgehead atoms. The van der Waals surface area contributed by atoms with E-state index in [0.29, 0.717) is 5.52 Å². The largest absolute Gasteiger partial charge is 0.478 e. The molecule has 1 aromatic heterocycles. The third-order valence-electron chi connectivity index (χ3n) is 3.77. The van der Waals surface area contributed by atoms with Crippen molar-refractivity contribution in [2.75, 3.05) is 0 Å². The molecule has 4 heteroatoms. The topological polar surface area (TPSA) is 55.1 Å². The second-order valence-corrected chi connectivity index (χ2v) is 5.36. The van der Waals surface area contributed by atoms with Crippen molar-refractivity contribution in [2.45, 2.75) is 46.1 Å². The molecule has 0 atom stereocenters. The monoisotopic (exact) mass is 260 g/mol. The fourth-order valence-corrected chi connectivity index (χ4v) is 2.39. The summed E-state index contributed by atoms with van der Waals surface area (Å²) in [4.78, 5) is 15.8. The highest BCUT2D eigenvalue weighted by atomic mass is 16.4. The fourth-order valence-electron chi connectivity index (χ4n) is 2.39. The van der Waals surface area contributed by atoms with Gasteiger partial charge in [0.05, 0.1) is 11.1 Å². The summed E-state index contributed by atoms with van der Waals surface area (Å²) in [6.45, 7) is 8.48. The van der Waals surface area contributed by atoms with Gasteiger partial charge in [0.25, 0.3) is 0 Å². The van der Waals surface area contributed by atoms with E-state index in [-0.39, 0.29) is 11.1 Å². The molecule has 19 heavy (non-hydrogen) atoms. The molecule has 0 aliphatic carbocycles. The number of hydrogen-bond donors (Lipinski definition) is 1. The van der Waals surface area contributed by atoms with Crippen molar-refractivity contribution in [1.82, 2.24) is 9.55 Å². The zero-order valence-corrected chi connectivity index (χ0v) is 11.9. The third-order valence-corrected chi connectivity index (χ3v) is 3.77. The van der Waals surface area contributed by atoms with Crippen molar-refractivity contribution in [3.05, 3.63) is 29.6 Å². The lowest BCUT2D eigenvalue weighted by Gasteiger charge is -2.28. The summed E-state index contributed by atoms with van der Waals surface area (Å²) < 4.78 is 2.18. The smallest absolute Gasteiger partial charge is 0.337 e. The zero-order valence-electron chi connectivity index (χ0n) is 11.9. The second-order valence-electron chi connectivity index (χ2n) is 5.36. The maximum absolute atomic E-state index is 11.3. The summed E-state index contributed by atoms with van der Waals surface area (Å²) in [7, 11) is 0. The van der Waals surface area contributed by atoms with Gasteiger partial charge in [-0.25, -0.2) is 9.78 Å². The maximum Gasteiger partial charge on any atom is 0.337 e. The molecule has 1 heterocycles. The summed E-state index contributed by atoms with van der Waals surface area (Å²) in [6.07, 6.45) is 1.75. The van der Waals surface area contributed by atoms with Crippen LogP contribution in [0.1, 0.15) is 50.3 Å². The van der Waals surface area contributed by atoms with Crippen LogP contribution in [-0.2, 0) is 12.0 Å². The number of benzene rings is 1. The minimum Gasteiger partial charge on any atom is -0.478 e. The van der Waals surface area contributed by atoms with E-state index in [1.807, 2.05) is 13.0 Å². The minimum absolute atomic E-state index is 0.0722. The number of aryl methyl sites for hydroxylation is 1. The van der Waals surface area contributed by atoms with Gasteiger partial charge in [-0.05, 0) is 32.4 Å². The lowest BCUT2D eigenvalue weighted by molar-refractivity contribution is 0.0699. The normalized spacial score (nSPS) is 12.0. The molecule has 2 aromatic rings. The number of carboxylic acid groups (broad SMARTS) is 1. The molecule has 0 fully saturated rings. The number of hydrogen-bond acceptors (Lipinski definition) is 2. The Balaban J connectivity index is 2.84. The van der Waals surface area contributed by atoms with Crippen LogP contribution in [0.5, 0.6) is 0 Å². The number of fused-ring (bicyclic) bond motifs is 1. The molecule has 2 rings (SSSR count). The van der Waals surface area contributed by atoms with E-state index in [1.165, 1.54) is 0 Å². The van der Waals surface area contributed by atoms with E-state index in [0.717, 1.165) is 24.2 Å². The Morgan fingerprint density at radius 3 is 2.58 bits per heavy atom. The first kappa shape index (κ1) is 13.6. The van der Waals surface area contributed by atoms with Gasteiger partial charge in [-0.15, -0.1) is 0 Å². The van der Waals surface area contributed by atoms with E-state index in [4.69, 9.17) is 0 Å². The molecular weight excluding hydrogens is 240 g/mol. The van der Waals surface area contributed by atoms with Crippen LogP contribution in [0.25, 0.3) is 11.0 Å². The van der Waals surface area contributed by atoms with Gasteiger partial charge in [-0.1, -0.05) is 19.9 Å². The Bertz CT molecular complexity index is 626. The van der Waals surface area contributed by atoms with E-state index in [1.54, 1.807) is 12.1 Å². The van der Waals surface area contributed by atoms with Crippen molar-refractivity contribution in [3.63, 3.8) is 0 Å². The van der Waals surface area contributed by atoms with Crippen LogP contribution in [0.2, 0.25) is 0 Å². The quantitative estimate of drug-likeness (QED) is 0.916. The summed E-state index contributed by atoms with van der Waals surface area (Å²) in [5, 5.41) is 9.27. The molecule has 0 saturated carbocycles. The van der Waals surface area contributed by atoms with Crippen LogP contribution in [0.4, 0.5) is 0 Å². The van der Waals surface area contributed by atoms with Crippen LogP contribution < -0.4 is 0 Å². The number of aromatic carboxylic acids is 1. The van der Waals surface area contributed by atoms with Crippen molar-refractivity contribution in [2.24, 2.45) is 0 Å². The van der Waals surface area contributed by atoms with Gasteiger partial charge in [-0.3, -0.25) is 0 Å². The molecule has 0 aliphatic rings. The molecule has 0 saturated heterocycles. The van der Waals surface area contributed by atoms with Crippen molar-refractivity contribution < 1.29 is 9.90 Å². The Morgan fingerprint density at radius 1 is 1.37 bits per heavy atom. The lowest BCUT2D eigenvalue weighted by Crippen LogP contribution is -2.27. The van der Waals surface area contributed by atoms with E-state index < -0.39 is 5.97 Å². The first-order chi connectivity index (χ1) is 8.92. The Labute approximate surface area is 113 Å². The molecule has 0 spiro atoms. The molecule has 102 valence electrons. The summed E-state index contributed by atoms with van der Waals surface area (Å²) >= 11 is 0. The highest BCUT2D eigenvalue weighted by Gasteiger charge is 2.25. The number of imidazole rings is 1. The summed E-state index contributed by atoms with van der Waals surface area (Å²) in [5.41, 5.74) is 1.70. The first-order valence-electron chi connectivity index (χ1n) is 6.66. The van der Waals surface area contributed by atoms with Gasteiger partial charge in [0.1, 0.15) is 11.3 Å². The Morgan fingerprint density at radius 2 is 2.05 bits per heavy atom. The van der Waals surface area contributed by atoms with Crippen LogP contribution in [-0.4, -0.2) is 20.6 Å². The summed E-state index contributed by atoms with van der Waals surface area (Å²) in [5.74, 6) is 0.0164. The molecule has 1 aromatic carbocycles. The molecule has 1 N–H and O–H groups in total. The van der Waals surface area contributed by atoms with Crippen LogP contribution >= 0.6 is 0 Å². The molecule has 0 unspecified atom stereocenters. The maximum atomic E-state index is 11.3. The number of aromatic nitrogens is 2. The number of para-hydroxylation sites is 1. The van der Waals surface area contributed by atoms with Gasteiger partial charge in [0.2, 0.25) is 0 Å². The van der Waals surface area contributed by atoms with Crippen molar-refractivity contribution >= 4 is 17.0 Å². The number of rotatable bonds is 4. The lowest BCUT2D eigenvalue weighted by atomic mass is 10.0. The van der Waals surface area contributed by atoms with Crippen LogP contribution in [0.3, 0.4) is 0 Å². The number of carboxylic acids is 1. The van der Waals surface area contributed by atoms with Crippen molar-refractivity contribution in [3.8, 4) is 0 Å². The average Bonchev–Trinajstić information content (AvgIpc) is 2.77. The van der Waals surface area contributed by atoms with Crippen LogP contribution in [0, 0.1) is 0 Å². The van der Waals surface area contributed by atoms with E-state index >= 15 is 0 Å².